The Morgan fingerprint density at radius 3 is 1.67 bits per heavy atom. The molecule has 2 aromatic heterocycles. The molecule has 0 aliphatic carbocycles. The lowest BCUT2D eigenvalue weighted by Crippen LogP contribution is -2.29. The quantitative estimate of drug-likeness (QED) is 0.414. The van der Waals surface area contributed by atoms with E-state index in [4.69, 9.17) is 21.6 Å². The minimum absolute atomic E-state index is 0.449. The van der Waals surface area contributed by atoms with E-state index in [1.165, 1.54) is 0 Å². The number of fused-ring (bicyclic) bond motifs is 3. The Bertz CT molecular complexity index is 907. The molecular formula is C18H14BClN2O2. The molecule has 2 aromatic carbocycles. The summed E-state index contributed by atoms with van der Waals surface area (Å²) in [5, 5.41) is 20.2. The molecule has 24 heavy (non-hydrogen) atoms. The van der Waals surface area contributed by atoms with Crippen molar-refractivity contribution in [3.05, 3.63) is 78.1 Å². The summed E-state index contributed by atoms with van der Waals surface area (Å²) in [5.74, 6) is 0. The normalized spacial score (nSPS) is 10.3. The molecule has 4 nitrogen and oxygen atoms in total. The highest BCUT2D eigenvalue weighted by molar-refractivity contribution is 6.58. The molecule has 0 saturated heterocycles. The molecule has 4 aromatic rings. The molecule has 0 atom stereocenters. The number of pyridine rings is 2. The van der Waals surface area contributed by atoms with Crippen molar-refractivity contribution >= 4 is 46.0 Å². The SMILES string of the molecule is OB(O)c1ccc(Cl)cc1.c1cnc2ccc3ncccc3c2c1. The Kier molecular flexibility index (Phi) is 5.06. The molecule has 4 rings (SSSR count). The van der Waals surface area contributed by atoms with Crippen LogP contribution in [0.15, 0.2) is 73.1 Å². The van der Waals surface area contributed by atoms with Crippen molar-refractivity contribution in [2.75, 3.05) is 0 Å². The fourth-order valence-corrected chi connectivity index (χ4v) is 2.47. The van der Waals surface area contributed by atoms with Gasteiger partial charge in [0.1, 0.15) is 0 Å². The Morgan fingerprint density at radius 1 is 0.708 bits per heavy atom. The number of benzene rings is 2. The van der Waals surface area contributed by atoms with E-state index in [1.54, 1.807) is 24.3 Å². The Morgan fingerprint density at radius 2 is 1.21 bits per heavy atom. The Hall–Kier alpha value is -2.47. The van der Waals surface area contributed by atoms with Crippen LogP contribution in [0.2, 0.25) is 5.02 Å². The van der Waals surface area contributed by atoms with Gasteiger partial charge in [0.05, 0.1) is 11.0 Å². The van der Waals surface area contributed by atoms with Crippen LogP contribution in [0.5, 0.6) is 0 Å². The van der Waals surface area contributed by atoms with E-state index in [1.807, 2.05) is 36.7 Å². The van der Waals surface area contributed by atoms with Crippen molar-refractivity contribution in [2.45, 2.75) is 0 Å². The van der Waals surface area contributed by atoms with Gasteiger partial charge in [-0.05, 0) is 41.9 Å². The van der Waals surface area contributed by atoms with E-state index < -0.39 is 7.12 Å². The van der Waals surface area contributed by atoms with Gasteiger partial charge >= 0.3 is 7.12 Å². The summed E-state index contributed by atoms with van der Waals surface area (Å²) in [4.78, 5) is 8.61. The summed E-state index contributed by atoms with van der Waals surface area (Å²) >= 11 is 5.55. The van der Waals surface area contributed by atoms with Crippen LogP contribution in [0.3, 0.4) is 0 Å². The summed E-state index contributed by atoms with van der Waals surface area (Å²) in [6.07, 6.45) is 3.62. The highest BCUT2D eigenvalue weighted by Gasteiger charge is 2.08. The van der Waals surface area contributed by atoms with Crippen LogP contribution in [0, 0.1) is 0 Å². The van der Waals surface area contributed by atoms with Crippen LogP contribution in [0.25, 0.3) is 21.8 Å². The molecule has 0 spiro atoms. The molecule has 0 bridgehead atoms. The standard InChI is InChI=1S/C12H8N2.C6H6BClO2/c1-3-9-10-4-2-8-14-12(10)6-5-11(9)13-7-1;8-6-3-1-5(2-4-6)7(9)10/h1-8H;1-4,9-10H. The van der Waals surface area contributed by atoms with E-state index in [2.05, 4.69) is 22.1 Å². The van der Waals surface area contributed by atoms with Crippen LogP contribution < -0.4 is 5.46 Å². The van der Waals surface area contributed by atoms with E-state index in [0.717, 1.165) is 21.8 Å². The lowest BCUT2D eigenvalue weighted by molar-refractivity contribution is 0.426. The number of rotatable bonds is 1. The molecule has 0 unspecified atom stereocenters. The smallest absolute Gasteiger partial charge is 0.423 e. The second-order valence-electron chi connectivity index (χ2n) is 5.13. The molecule has 0 saturated carbocycles. The van der Waals surface area contributed by atoms with E-state index in [0.29, 0.717) is 10.5 Å². The molecule has 0 amide bonds. The number of nitrogens with zero attached hydrogens (tertiary/aromatic N) is 2. The molecule has 0 aliphatic heterocycles. The van der Waals surface area contributed by atoms with Crippen LogP contribution >= 0.6 is 11.6 Å². The van der Waals surface area contributed by atoms with Crippen molar-refractivity contribution in [2.24, 2.45) is 0 Å². The zero-order valence-electron chi connectivity index (χ0n) is 12.7. The fraction of sp³-hybridized carbons (Fsp3) is 0. The number of halogens is 1. The van der Waals surface area contributed by atoms with Gasteiger partial charge in [-0.1, -0.05) is 35.9 Å². The first-order chi connectivity index (χ1) is 11.6. The molecule has 0 radical (unpaired) electrons. The van der Waals surface area contributed by atoms with Gasteiger partial charge in [-0.15, -0.1) is 0 Å². The maximum absolute atomic E-state index is 8.63. The number of hydrogen-bond donors (Lipinski definition) is 2. The van der Waals surface area contributed by atoms with E-state index >= 15 is 0 Å². The van der Waals surface area contributed by atoms with Crippen LogP contribution in [-0.4, -0.2) is 27.1 Å². The zero-order chi connectivity index (χ0) is 16.9. The van der Waals surface area contributed by atoms with Crippen molar-refractivity contribution in [3.63, 3.8) is 0 Å². The molecule has 0 fully saturated rings. The third-order valence-corrected chi connectivity index (χ3v) is 3.79. The minimum Gasteiger partial charge on any atom is -0.423 e. The second-order valence-corrected chi connectivity index (χ2v) is 5.57. The summed E-state index contributed by atoms with van der Waals surface area (Å²) < 4.78 is 0. The van der Waals surface area contributed by atoms with Crippen LogP contribution in [0.1, 0.15) is 0 Å². The third kappa shape index (κ3) is 3.71. The van der Waals surface area contributed by atoms with Crippen molar-refractivity contribution in [3.8, 4) is 0 Å². The molecule has 118 valence electrons. The fourth-order valence-electron chi connectivity index (χ4n) is 2.35. The summed E-state index contributed by atoms with van der Waals surface area (Å²) in [5.41, 5.74) is 2.49. The maximum Gasteiger partial charge on any atom is 0.488 e. The van der Waals surface area contributed by atoms with Crippen LogP contribution in [0.4, 0.5) is 0 Å². The Balaban J connectivity index is 0.000000150. The maximum atomic E-state index is 8.63. The summed E-state index contributed by atoms with van der Waals surface area (Å²) in [6, 6.07) is 18.4. The first-order valence-corrected chi connectivity index (χ1v) is 7.73. The lowest BCUT2D eigenvalue weighted by Gasteiger charge is -2.00. The highest BCUT2D eigenvalue weighted by atomic mass is 35.5. The van der Waals surface area contributed by atoms with Gasteiger partial charge in [-0.2, -0.15) is 0 Å². The zero-order valence-corrected chi connectivity index (χ0v) is 13.4. The van der Waals surface area contributed by atoms with Gasteiger partial charge in [-0.3, -0.25) is 9.97 Å². The minimum atomic E-state index is -1.41. The molecule has 0 aliphatic rings. The van der Waals surface area contributed by atoms with Crippen LogP contribution in [-0.2, 0) is 0 Å². The predicted octanol–water partition coefficient (Wildman–Crippen LogP) is 2.80. The van der Waals surface area contributed by atoms with Crippen molar-refractivity contribution < 1.29 is 10.0 Å². The monoisotopic (exact) mass is 336 g/mol. The van der Waals surface area contributed by atoms with Gasteiger partial charge in [0.15, 0.2) is 0 Å². The lowest BCUT2D eigenvalue weighted by atomic mass is 9.81. The molecule has 2 N–H and O–H groups in total. The third-order valence-electron chi connectivity index (χ3n) is 3.53. The van der Waals surface area contributed by atoms with Crippen molar-refractivity contribution in [1.29, 1.82) is 0 Å². The van der Waals surface area contributed by atoms with E-state index in [9.17, 15) is 0 Å². The van der Waals surface area contributed by atoms with Gasteiger partial charge in [0.25, 0.3) is 0 Å². The predicted molar refractivity (Wildman–Crippen MR) is 98.3 cm³/mol. The first kappa shape index (κ1) is 16.4. The summed E-state index contributed by atoms with van der Waals surface area (Å²) in [6.45, 7) is 0. The molecule has 2 heterocycles. The van der Waals surface area contributed by atoms with Gasteiger partial charge in [-0.25, -0.2) is 0 Å². The Labute approximate surface area is 144 Å². The average molecular weight is 337 g/mol. The number of aromatic nitrogens is 2. The summed E-state index contributed by atoms with van der Waals surface area (Å²) in [7, 11) is -1.41. The van der Waals surface area contributed by atoms with Crippen molar-refractivity contribution in [1.82, 2.24) is 9.97 Å². The van der Waals surface area contributed by atoms with Gasteiger partial charge in [0, 0.05) is 28.2 Å². The van der Waals surface area contributed by atoms with Gasteiger partial charge in [0.2, 0.25) is 0 Å². The largest absolute Gasteiger partial charge is 0.488 e. The van der Waals surface area contributed by atoms with E-state index in [-0.39, 0.29) is 0 Å². The highest BCUT2D eigenvalue weighted by Crippen LogP contribution is 2.21. The first-order valence-electron chi connectivity index (χ1n) is 7.35. The van der Waals surface area contributed by atoms with Gasteiger partial charge < -0.3 is 10.0 Å². The average Bonchev–Trinajstić information content (AvgIpc) is 2.62. The number of hydrogen-bond acceptors (Lipinski definition) is 4. The molecule has 6 heteroatoms. The second kappa shape index (κ2) is 7.40. The topological polar surface area (TPSA) is 66.2 Å². The molecular weight excluding hydrogens is 322 g/mol.